The molecule has 4 rings (SSSR count). The number of hydrogen-bond donors (Lipinski definition) is 1. The second-order valence-electron chi connectivity index (χ2n) is 7.71. The molecule has 1 aliphatic rings. The average Bonchev–Trinajstić information content (AvgIpc) is 3.16. The predicted octanol–water partition coefficient (Wildman–Crippen LogP) is 4.46. The van der Waals surface area contributed by atoms with Crippen LogP contribution in [0.5, 0.6) is 5.75 Å². The van der Waals surface area contributed by atoms with E-state index in [0.29, 0.717) is 5.75 Å². The number of anilines is 1. The molecular formula is C24H24F2N2O4. The Labute approximate surface area is 184 Å². The van der Waals surface area contributed by atoms with Crippen molar-refractivity contribution >= 4 is 28.5 Å². The zero-order chi connectivity index (χ0) is 22.7. The zero-order valence-corrected chi connectivity index (χ0v) is 17.7. The molecule has 0 radical (unpaired) electrons. The van der Waals surface area contributed by atoms with Gasteiger partial charge in [-0.3, -0.25) is 9.59 Å². The molecule has 2 amide bonds. The van der Waals surface area contributed by atoms with E-state index in [1.807, 2.05) is 12.1 Å². The number of benzene rings is 2. The average molecular weight is 442 g/mol. The number of rotatable bonds is 7. The number of carbonyl (C=O) groups excluding carboxylic acids is 2. The van der Waals surface area contributed by atoms with Gasteiger partial charge < -0.3 is 19.4 Å². The van der Waals surface area contributed by atoms with Crippen molar-refractivity contribution in [3.63, 3.8) is 0 Å². The topological polar surface area (TPSA) is 71.8 Å². The molecule has 1 N–H and O–H groups in total. The lowest BCUT2D eigenvalue weighted by molar-refractivity contribution is -0.136. The van der Waals surface area contributed by atoms with Gasteiger partial charge in [0.05, 0.1) is 6.54 Å². The summed E-state index contributed by atoms with van der Waals surface area (Å²) in [4.78, 5) is 26.1. The Kier molecular flexibility index (Phi) is 6.39. The van der Waals surface area contributed by atoms with Gasteiger partial charge in [-0.25, -0.2) is 8.78 Å². The highest BCUT2D eigenvalue weighted by atomic mass is 19.1. The number of halogens is 2. The molecule has 3 aromatic rings. The van der Waals surface area contributed by atoms with Crippen LogP contribution in [0, 0.1) is 11.6 Å². The maximum atomic E-state index is 13.7. The van der Waals surface area contributed by atoms with Gasteiger partial charge in [-0.15, -0.1) is 0 Å². The van der Waals surface area contributed by atoms with E-state index < -0.39 is 29.1 Å². The first-order valence-electron chi connectivity index (χ1n) is 10.6. The lowest BCUT2D eigenvalue weighted by Gasteiger charge is -2.20. The highest BCUT2D eigenvalue weighted by Gasteiger charge is 2.20. The Morgan fingerprint density at radius 3 is 2.62 bits per heavy atom. The summed E-state index contributed by atoms with van der Waals surface area (Å²) in [7, 11) is 0. The normalized spacial score (nSPS) is 13.0. The van der Waals surface area contributed by atoms with Crippen LogP contribution in [0.2, 0.25) is 0 Å². The largest absolute Gasteiger partial charge is 0.484 e. The van der Waals surface area contributed by atoms with Crippen molar-refractivity contribution in [2.75, 3.05) is 25.0 Å². The number of nitrogens with one attached hydrogen (secondary N) is 1. The molecule has 2 aromatic carbocycles. The smallest absolute Gasteiger partial charge is 0.260 e. The van der Waals surface area contributed by atoms with Gasteiger partial charge in [-0.1, -0.05) is 6.07 Å². The fourth-order valence-corrected chi connectivity index (χ4v) is 3.91. The minimum atomic E-state index is -0.882. The van der Waals surface area contributed by atoms with Crippen LogP contribution < -0.4 is 10.1 Å². The number of furan rings is 1. The minimum Gasteiger partial charge on any atom is -0.484 e. The molecule has 0 saturated heterocycles. The third-order valence-corrected chi connectivity index (χ3v) is 5.58. The van der Waals surface area contributed by atoms with Crippen molar-refractivity contribution in [1.82, 2.24) is 4.90 Å². The Bertz CT molecular complexity index is 1140. The molecular weight excluding hydrogens is 418 g/mol. The van der Waals surface area contributed by atoms with E-state index >= 15 is 0 Å². The number of aryl methyl sites for hydroxylation is 2. The van der Waals surface area contributed by atoms with Crippen LogP contribution in [0.1, 0.15) is 31.1 Å². The fraction of sp³-hybridized carbons (Fsp3) is 0.333. The van der Waals surface area contributed by atoms with Crippen LogP contribution in [-0.4, -0.2) is 36.4 Å². The summed E-state index contributed by atoms with van der Waals surface area (Å²) in [5.74, 6) is -1.31. The summed E-state index contributed by atoms with van der Waals surface area (Å²) in [6.07, 6.45) is 4.14. The van der Waals surface area contributed by atoms with E-state index in [1.54, 1.807) is 13.0 Å². The highest BCUT2D eigenvalue weighted by Crippen LogP contribution is 2.34. The lowest BCUT2D eigenvalue weighted by atomic mass is 9.96. The van der Waals surface area contributed by atoms with E-state index in [1.165, 1.54) is 16.5 Å². The molecule has 0 unspecified atom stereocenters. The van der Waals surface area contributed by atoms with Crippen molar-refractivity contribution in [3.8, 4) is 5.75 Å². The second kappa shape index (κ2) is 9.38. The van der Waals surface area contributed by atoms with Gasteiger partial charge in [0.1, 0.15) is 34.4 Å². The van der Waals surface area contributed by atoms with E-state index in [9.17, 15) is 18.4 Å². The van der Waals surface area contributed by atoms with E-state index in [-0.39, 0.29) is 19.7 Å². The van der Waals surface area contributed by atoms with Crippen LogP contribution >= 0.6 is 0 Å². The molecule has 0 saturated carbocycles. The number of likely N-dealkylation sites (N-methyl/N-ethyl adjacent to an activating group) is 1. The molecule has 0 fully saturated rings. The minimum absolute atomic E-state index is 0.240. The molecule has 0 aliphatic heterocycles. The van der Waals surface area contributed by atoms with Gasteiger partial charge in [0, 0.05) is 23.9 Å². The molecule has 1 aromatic heterocycles. The number of carbonyl (C=O) groups is 2. The number of ether oxygens (including phenoxy) is 1. The summed E-state index contributed by atoms with van der Waals surface area (Å²) in [5, 5.41) is 3.19. The van der Waals surface area contributed by atoms with Crippen molar-refractivity contribution < 1.29 is 27.5 Å². The molecule has 168 valence electrons. The van der Waals surface area contributed by atoms with Gasteiger partial charge in [0.15, 0.2) is 6.61 Å². The van der Waals surface area contributed by atoms with Crippen LogP contribution in [0.3, 0.4) is 0 Å². The summed E-state index contributed by atoms with van der Waals surface area (Å²) in [5.41, 5.74) is 1.48. The molecule has 0 atom stereocenters. The molecule has 6 nitrogen and oxygen atoms in total. The molecule has 32 heavy (non-hydrogen) atoms. The zero-order valence-electron chi connectivity index (χ0n) is 17.7. The molecule has 0 spiro atoms. The summed E-state index contributed by atoms with van der Waals surface area (Å²) in [6.45, 7) is 1.34. The summed E-state index contributed by atoms with van der Waals surface area (Å²) in [6, 6.07) is 8.75. The third-order valence-electron chi connectivity index (χ3n) is 5.58. The van der Waals surface area contributed by atoms with Gasteiger partial charge in [0.2, 0.25) is 5.91 Å². The van der Waals surface area contributed by atoms with Gasteiger partial charge in [0.25, 0.3) is 5.91 Å². The summed E-state index contributed by atoms with van der Waals surface area (Å²) < 4.78 is 39.0. The monoisotopic (exact) mass is 442 g/mol. The van der Waals surface area contributed by atoms with Crippen molar-refractivity contribution in [2.45, 2.75) is 32.6 Å². The standard InChI is InChI=1S/C24H24F2N2O4/c1-2-28(13-22(29)27-24-18(25)7-5-8-19(24)26)23(30)14-31-15-10-11-21-17(12-15)16-6-3-4-9-20(16)32-21/h5,7-8,10-12H,2-4,6,9,13-14H2,1H3,(H,27,29). The number of para-hydroxylation sites is 1. The predicted molar refractivity (Wildman–Crippen MR) is 116 cm³/mol. The van der Waals surface area contributed by atoms with Crippen LogP contribution in [-0.2, 0) is 22.4 Å². The molecule has 8 heteroatoms. The van der Waals surface area contributed by atoms with E-state index in [0.717, 1.165) is 54.5 Å². The van der Waals surface area contributed by atoms with Crippen LogP contribution in [0.15, 0.2) is 40.8 Å². The second-order valence-corrected chi connectivity index (χ2v) is 7.71. The number of nitrogens with zero attached hydrogens (tertiary/aromatic N) is 1. The fourth-order valence-electron chi connectivity index (χ4n) is 3.91. The van der Waals surface area contributed by atoms with Crippen LogP contribution in [0.4, 0.5) is 14.5 Å². The quantitative estimate of drug-likeness (QED) is 0.587. The lowest BCUT2D eigenvalue weighted by Crippen LogP contribution is -2.40. The van der Waals surface area contributed by atoms with Crippen molar-refractivity contribution in [3.05, 3.63) is 59.4 Å². The number of amides is 2. The Morgan fingerprint density at radius 2 is 1.88 bits per heavy atom. The van der Waals surface area contributed by atoms with E-state index in [4.69, 9.17) is 9.15 Å². The first-order valence-corrected chi connectivity index (χ1v) is 10.6. The van der Waals surface area contributed by atoms with E-state index in [2.05, 4.69) is 5.32 Å². The van der Waals surface area contributed by atoms with Crippen molar-refractivity contribution in [1.29, 1.82) is 0 Å². The first-order chi connectivity index (χ1) is 15.5. The maximum absolute atomic E-state index is 13.7. The SMILES string of the molecule is CCN(CC(=O)Nc1c(F)cccc1F)C(=O)COc1ccc2oc3c(c2c1)CCCC3. The maximum Gasteiger partial charge on any atom is 0.260 e. The van der Waals surface area contributed by atoms with Gasteiger partial charge >= 0.3 is 0 Å². The molecule has 1 aliphatic carbocycles. The Morgan fingerprint density at radius 1 is 1.12 bits per heavy atom. The number of hydrogen-bond acceptors (Lipinski definition) is 4. The molecule has 0 bridgehead atoms. The third kappa shape index (κ3) is 4.59. The Balaban J connectivity index is 1.37. The highest BCUT2D eigenvalue weighted by molar-refractivity contribution is 5.95. The first kappa shape index (κ1) is 21.8. The van der Waals surface area contributed by atoms with Gasteiger partial charge in [-0.2, -0.15) is 0 Å². The van der Waals surface area contributed by atoms with Crippen LogP contribution in [0.25, 0.3) is 11.0 Å². The van der Waals surface area contributed by atoms with Gasteiger partial charge in [-0.05, 0) is 56.5 Å². The Hall–Kier alpha value is -3.42. The van der Waals surface area contributed by atoms with Crippen molar-refractivity contribution in [2.24, 2.45) is 0 Å². The number of fused-ring (bicyclic) bond motifs is 3. The summed E-state index contributed by atoms with van der Waals surface area (Å²) >= 11 is 0. The molecule has 1 heterocycles.